The number of nitrogens with two attached hydrogens (primary N) is 1. The Bertz CT molecular complexity index is 2220. The van der Waals surface area contributed by atoms with Gasteiger partial charge in [0.15, 0.2) is 0 Å². The highest BCUT2D eigenvalue weighted by Gasteiger charge is 2.22. The topological polar surface area (TPSA) is 37.4 Å². The zero-order valence-electron chi connectivity index (χ0n) is 23.6. The third-order valence-electron chi connectivity index (χ3n) is 8.22. The molecule has 8 aromatic rings. The minimum atomic E-state index is 0.566. The van der Waals surface area contributed by atoms with Gasteiger partial charge in [-0.2, -0.15) is 0 Å². The lowest BCUT2D eigenvalue weighted by Crippen LogP contribution is -2.52. The maximum absolute atomic E-state index is 7.04. The van der Waals surface area contributed by atoms with Gasteiger partial charge in [-0.3, -0.25) is 0 Å². The standard InChI is InChI=1S/C38H30N4S/c39-40(25-27-12-3-1-4-13-27)41(26-28-14-11-17-30(22-28)29-15-5-2-6-16-29)42-35-20-9-7-18-31(35)33-24-38-34(23-36(33)42)32-19-8-10-21-37(32)43-38/h1-24H,25-26,39H2. The van der Waals surface area contributed by atoms with Gasteiger partial charge in [0, 0.05) is 30.9 Å². The number of benzene rings is 6. The van der Waals surface area contributed by atoms with Gasteiger partial charge < -0.3 is 0 Å². The second kappa shape index (κ2) is 10.7. The van der Waals surface area contributed by atoms with Crippen molar-refractivity contribution >= 4 is 53.3 Å². The fourth-order valence-electron chi connectivity index (χ4n) is 6.19. The molecule has 0 amide bonds. The lowest BCUT2D eigenvalue weighted by atomic mass is 10.0. The summed E-state index contributed by atoms with van der Waals surface area (Å²) in [4.78, 5) is 0. The molecule has 2 heterocycles. The number of aromatic nitrogens is 1. The van der Waals surface area contributed by atoms with Gasteiger partial charge >= 0.3 is 0 Å². The van der Waals surface area contributed by atoms with Gasteiger partial charge in [-0.15, -0.1) is 16.5 Å². The van der Waals surface area contributed by atoms with Crippen molar-refractivity contribution in [1.82, 2.24) is 9.79 Å². The van der Waals surface area contributed by atoms with Crippen LogP contribution in [-0.4, -0.2) is 9.79 Å². The lowest BCUT2D eigenvalue weighted by molar-refractivity contribution is 0.188. The Morgan fingerprint density at radius 3 is 2.00 bits per heavy atom. The molecule has 8 rings (SSSR count). The molecule has 5 heteroatoms. The number of rotatable bonds is 7. The Morgan fingerprint density at radius 2 is 1.16 bits per heavy atom. The fourth-order valence-corrected chi connectivity index (χ4v) is 7.31. The molecule has 6 aromatic carbocycles. The Hall–Kier alpha value is -4.94. The van der Waals surface area contributed by atoms with Gasteiger partial charge in [-0.05, 0) is 52.6 Å². The highest BCUT2D eigenvalue weighted by Crippen LogP contribution is 2.39. The summed E-state index contributed by atoms with van der Waals surface area (Å²) in [6.45, 7) is 1.16. The van der Waals surface area contributed by atoms with Crippen molar-refractivity contribution < 1.29 is 0 Å². The molecule has 43 heavy (non-hydrogen) atoms. The van der Waals surface area contributed by atoms with E-state index in [9.17, 15) is 0 Å². The van der Waals surface area contributed by atoms with Crippen molar-refractivity contribution in [3.05, 3.63) is 157 Å². The van der Waals surface area contributed by atoms with Crippen LogP contribution in [0.15, 0.2) is 146 Å². The second-order valence-corrected chi connectivity index (χ2v) is 12.1. The summed E-state index contributed by atoms with van der Waals surface area (Å²) in [7, 11) is 0. The molecule has 0 unspecified atom stereocenters. The molecule has 0 fully saturated rings. The molecule has 0 saturated heterocycles. The highest BCUT2D eigenvalue weighted by atomic mass is 32.1. The quantitative estimate of drug-likeness (QED) is 0.152. The average molecular weight is 575 g/mol. The Balaban J connectivity index is 1.33. The van der Waals surface area contributed by atoms with Gasteiger partial charge in [0.25, 0.3) is 0 Å². The first-order valence-electron chi connectivity index (χ1n) is 14.6. The number of fused-ring (bicyclic) bond motifs is 6. The van der Waals surface area contributed by atoms with Crippen LogP contribution in [0.1, 0.15) is 11.1 Å². The zero-order valence-corrected chi connectivity index (χ0v) is 24.4. The summed E-state index contributed by atoms with van der Waals surface area (Å²) in [6.07, 6.45) is 0. The van der Waals surface area contributed by atoms with Crippen LogP contribution in [0.25, 0.3) is 53.1 Å². The van der Waals surface area contributed by atoms with E-state index < -0.39 is 0 Å². The minimum absolute atomic E-state index is 0.566. The molecule has 0 spiro atoms. The van der Waals surface area contributed by atoms with E-state index in [-0.39, 0.29) is 0 Å². The van der Waals surface area contributed by atoms with Gasteiger partial charge in [-0.25, -0.2) is 15.6 Å². The van der Waals surface area contributed by atoms with E-state index in [1.165, 1.54) is 47.6 Å². The predicted molar refractivity (Wildman–Crippen MR) is 182 cm³/mol. The number of thiophene rings is 1. The van der Waals surface area contributed by atoms with Gasteiger partial charge in [-0.1, -0.05) is 115 Å². The molecular weight excluding hydrogens is 545 g/mol. The third kappa shape index (κ3) is 4.64. The normalized spacial score (nSPS) is 11.8. The smallest absolute Gasteiger partial charge is 0.0784 e. The highest BCUT2D eigenvalue weighted by molar-refractivity contribution is 7.25. The molecule has 0 radical (unpaired) electrons. The van der Waals surface area contributed by atoms with E-state index in [0.29, 0.717) is 13.1 Å². The van der Waals surface area contributed by atoms with Gasteiger partial charge in [0.2, 0.25) is 0 Å². The number of hydrogen-bond acceptors (Lipinski definition) is 4. The average Bonchev–Trinajstić information content (AvgIpc) is 3.58. The van der Waals surface area contributed by atoms with E-state index >= 15 is 0 Å². The molecule has 2 aromatic heterocycles. The van der Waals surface area contributed by atoms with Crippen LogP contribution in [-0.2, 0) is 13.1 Å². The van der Waals surface area contributed by atoms with Crippen LogP contribution in [0.4, 0.5) is 0 Å². The van der Waals surface area contributed by atoms with E-state index in [1.807, 2.05) is 22.5 Å². The summed E-state index contributed by atoms with van der Waals surface area (Å²) in [5.74, 6) is 7.04. The Kier molecular flexibility index (Phi) is 6.42. The molecule has 0 bridgehead atoms. The van der Waals surface area contributed by atoms with Crippen molar-refractivity contribution in [2.75, 3.05) is 5.12 Å². The van der Waals surface area contributed by atoms with E-state index in [2.05, 4.69) is 149 Å². The summed E-state index contributed by atoms with van der Waals surface area (Å²) in [6, 6.07) is 51.8. The molecule has 0 aliphatic rings. The fraction of sp³-hybridized carbons (Fsp3) is 0.0526. The number of hydrazine groups is 2. The van der Waals surface area contributed by atoms with Crippen LogP contribution in [0.3, 0.4) is 0 Å². The number of nitrogens with zero attached hydrogens (tertiary/aromatic N) is 3. The number of hydrogen-bond donors (Lipinski definition) is 1. The molecule has 208 valence electrons. The van der Waals surface area contributed by atoms with Crippen LogP contribution >= 0.6 is 11.3 Å². The summed E-state index contributed by atoms with van der Waals surface area (Å²) in [5.41, 5.74) is 6.99. The maximum atomic E-state index is 7.04. The lowest BCUT2D eigenvalue weighted by Gasteiger charge is -2.35. The Morgan fingerprint density at radius 1 is 0.488 bits per heavy atom. The molecule has 0 saturated carbocycles. The molecular formula is C38H30N4S. The van der Waals surface area contributed by atoms with Crippen LogP contribution in [0.5, 0.6) is 0 Å². The van der Waals surface area contributed by atoms with Crippen molar-refractivity contribution in [2.24, 2.45) is 5.84 Å². The summed E-state index contributed by atoms with van der Waals surface area (Å²) >= 11 is 1.85. The first-order chi connectivity index (χ1) is 21.2. The zero-order chi connectivity index (χ0) is 28.8. The molecule has 0 atom stereocenters. The van der Waals surface area contributed by atoms with Crippen molar-refractivity contribution in [2.45, 2.75) is 13.1 Å². The first kappa shape index (κ1) is 25.7. The Labute approximate surface area is 254 Å². The van der Waals surface area contributed by atoms with Crippen LogP contribution in [0.2, 0.25) is 0 Å². The molecule has 0 aliphatic heterocycles. The van der Waals surface area contributed by atoms with Crippen molar-refractivity contribution in [3.63, 3.8) is 0 Å². The maximum Gasteiger partial charge on any atom is 0.0784 e. The summed E-state index contributed by atoms with van der Waals surface area (Å²) in [5, 5.41) is 9.06. The SMILES string of the molecule is NN(Cc1ccccc1)N(Cc1cccc(-c2ccccc2)c1)n1c2ccccc2c2cc3sc4ccccc4c3cc21. The second-order valence-electron chi connectivity index (χ2n) is 11.0. The first-order valence-corrected chi connectivity index (χ1v) is 15.4. The van der Waals surface area contributed by atoms with Gasteiger partial charge in [0.05, 0.1) is 24.1 Å². The largest absolute Gasteiger partial charge is 0.249 e. The van der Waals surface area contributed by atoms with Crippen LogP contribution in [0, 0.1) is 0 Å². The monoisotopic (exact) mass is 574 g/mol. The molecule has 2 N–H and O–H groups in total. The number of para-hydroxylation sites is 1. The van der Waals surface area contributed by atoms with Crippen molar-refractivity contribution in [1.29, 1.82) is 0 Å². The van der Waals surface area contributed by atoms with Gasteiger partial charge in [0.1, 0.15) is 0 Å². The van der Waals surface area contributed by atoms with E-state index in [4.69, 9.17) is 5.84 Å². The van der Waals surface area contributed by atoms with Crippen LogP contribution < -0.4 is 11.0 Å². The minimum Gasteiger partial charge on any atom is -0.249 e. The van der Waals surface area contributed by atoms with E-state index in [1.54, 1.807) is 0 Å². The predicted octanol–water partition coefficient (Wildman–Crippen LogP) is 9.26. The molecule has 4 nitrogen and oxygen atoms in total. The summed E-state index contributed by atoms with van der Waals surface area (Å²) < 4.78 is 4.92. The van der Waals surface area contributed by atoms with Crippen molar-refractivity contribution in [3.8, 4) is 11.1 Å². The molecule has 0 aliphatic carbocycles. The third-order valence-corrected chi connectivity index (χ3v) is 9.35. The van der Waals surface area contributed by atoms with E-state index in [0.717, 1.165) is 16.6 Å².